The molecule has 0 spiro atoms. The summed E-state index contributed by atoms with van der Waals surface area (Å²) in [7, 11) is 0. The third-order valence-corrected chi connectivity index (χ3v) is 6.28. The number of rotatable bonds is 10. The van der Waals surface area contributed by atoms with Gasteiger partial charge in [-0.15, -0.1) is 11.3 Å². The van der Waals surface area contributed by atoms with Crippen molar-refractivity contribution in [1.82, 2.24) is 14.9 Å². The summed E-state index contributed by atoms with van der Waals surface area (Å²) in [6, 6.07) is 9.28. The molecule has 2 aromatic heterocycles. The summed E-state index contributed by atoms with van der Waals surface area (Å²) in [5, 5.41) is 14.2. The summed E-state index contributed by atoms with van der Waals surface area (Å²) >= 11 is 1.22. The standard InChI is InChI=1S/C25H32N6O2S/c1-5-10-30(13-17(4)27)25-29-21-20(23(32)28-12-16(2)3)15-34-22(21)24(33)31(25)14-19-9-7-6-8-18(19)11-26/h6-9,15-17H,5,10,12-14,27H2,1-4H3,(H,28,32)/t17-/m1/s1. The molecule has 3 rings (SSSR count). The van der Waals surface area contributed by atoms with Gasteiger partial charge in [0.2, 0.25) is 5.95 Å². The Morgan fingerprint density at radius 1 is 1.32 bits per heavy atom. The van der Waals surface area contributed by atoms with Crippen molar-refractivity contribution in [2.24, 2.45) is 11.7 Å². The van der Waals surface area contributed by atoms with Gasteiger partial charge in [0.15, 0.2) is 0 Å². The van der Waals surface area contributed by atoms with Crippen LogP contribution in [0, 0.1) is 17.2 Å². The molecule has 0 radical (unpaired) electrons. The molecule has 0 aliphatic heterocycles. The Morgan fingerprint density at radius 2 is 2.06 bits per heavy atom. The fourth-order valence-electron chi connectivity index (χ4n) is 3.75. The summed E-state index contributed by atoms with van der Waals surface area (Å²) in [6.45, 7) is 9.90. The molecule has 1 aromatic carbocycles. The van der Waals surface area contributed by atoms with Crippen molar-refractivity contribution in [1.29, 1.82) is 5.26 Å². The summed E-state index contributed by atoms with van der Waals surface area (Å²) < 4.78 is 2.02. The van der Waals surface area contributed by atoms with E-state index in [9.17, 15) is 14.9 Å². The van der Waals surface area contributed by atoms with Crippen LogP contribution in [0.25, 0.3) is 10.2 Å². The maximum absolute atomic E-state index is 13.7. The van der Waals surface area contributed by atoms with Gasteiger partial charge in [-0.2, -0.15) is 5.26 Å². The fraction of sp³-hybridized carbons (Fsp3) is 0.440. The largest absolute Gasteiger partial charge is 0.352 e. The smallest absolute Gasteiger partial charge is 0.273 e. The monoisotopic (exact) mass is 480 g/mol. The lowest BCUT2D eigenvalue weighted by atomic mass is 10.1. The zero-order valence-electron chi connectivity index (χ0n) is 20.2. The van der Waals surface area contributed by atoms with Gasteiger partial charge >= 0.3 is 0 Å². The molecule has 3 N–H and O–H groups in total. The van der Waals surface area contributed by atoms with Crippen LogP contribution in [0.3, 0.4) is 0 Å². The first-order valence-corrected chi connectivity index (χ1v) is 12.4. The molecule has 9 heteroatoms. The number of nitrogens with zero attached hydrogens (tertiary/aromatic N) is 4. The van der Waals surface area contributed by atoms with Crippen LogP contribution in [-0.4, -0.2) is 41.1 Å². The topological polar surface area (TPSA) is 117 Å². The molecule has 3 aromatic rings. The Balaban J connectivity index is 2.20. The van der Waals surface area contributed by atoms with E-state index >= 15 is 0 Å². The molecule has 0 unspecified atom stereocenters. The molecule has 1 amide bonds. The normalized spacial score (nSPS) is 12.0. The predicted molar refractivity (Wildman–Crippen MR) is 137 cm³/mol. The average molecular weight is 481 g/mol. The van der Waals surface area contributed by atoms with E-state index in [-0.39, 0.29) is 24.1 Å². The number of anilines is 1. The van der Waals surface area contributed by atoms with Gasteiger partial charge in [0.05, 0.1) is 23.7 Å². The second-order valence-electron chi connectivity index (χ2n) is 8.93. The first-order chi connectivity index (χ1) is 16.3. The number of amides is 1. The van der Waals surface area contributed by atoms with Crippen LogP contribution < -0.4 is 21.5 Å². The van der Waals surface area contributed by atoms with E-state index in [0.717, 1.165) is 12.0 Å². The van der Waals surface area contributed by atoms with Gasteiger partial charge in [-0.25, -0.2) is 4.98 Å². The van der Waals surface area contributed by atoms with Crippen molar-refractivity contribution in [3.63, 3.8) is 0 Å². The summed E-state index contributed by atoms with van der Waals surface area (Å²) in [4.78, 5) is 33.4. The lowest BCUT2D eigenvalue weighted by Gasteiger charge is -2.28. The highest BCUT2D eigenvalue weighted by Gasteiger charge is 2.23. The van der Waals surface area contributed by atoms with E-state index in [1.165, 1.54) is 11.3 Å². The van der Waals surface area contributed by atoms with Gasteiger partial charge in [0.25, 0.3) is 11.5 Å². The lowest BCUT2D eigenvalue weighted by Crippen LogP contribution is -2.40. The number of nitriles is 1. The van der Waals surface area contributed by atoms with Crippen LogP contribution in [0.1, 0.15) is 55.6 Å². The van der Waals surface area contributed by atoms with E-state index < -0.39 is 0 Å². The molecule has 0 fully saturated rings. The summed E-state index contributed by atoms with van der Waals surface area (Å²) in [6.07, 6.45) is 0.834. The molecule has 0 aliphatic carbocycles. The van der Waals surface area contributed by atoms with Crippen molar-refractivity contribution in [2.45, 2.75) is 46.7 Å². The SMILES string of the molecule is CCCN(C[C@@H](C)N)c1nc2c(C(=O)NCC(C)C)csc2c(=O)n1Cc1ccccc1C#N. The van der Waals surface area contributed by atoms with Crippen LogP contribution in [-0.2, 0) is 6.54 Å². The molecule has 180 valence electrons. The van der Waals surface area contributed by atoms with Crippen LogP contribution in [0.15, 0.2) is 34.4 Å². The average Bonchev–Trinajstić information content (AvgIpc) is 3.23. The van der Waals surface area contributed by atoms with Gasteiger partial charge in [-0.05, 0) is 30.9 Å². The molecular formula is C25H32N6O2S. The molecule has 1 atom stereocenters. The van der Waals surface area contributed by atoms with E-state index in [2.05, 4.69) is 18.3 Å². The first-order valence-electron chi connectivity index (χ1n) is 11.6. The first kappa shape index (κ1) is 25.4. The minimum Gasteiger partial charge on any atom is -0.352 e. The number of hydrogen-bond acceptors (Lipinski definition) is 7. The number of thiophene rings is 1. The quantitative estimate of drug-likeness (QED) is 0.460. The van der Waals surface area contributed by atoms with Gasteiger partial charge in [-0.3, -0.25) is 14.2 Å². The number of nitrogens with one attached hydrogen (secondary N) is 1. The summed E-state index contributed by atoms with van der Waals surface area (Å²) in [5.74, 6) is 0.529. The molecule has 8 nitrogen and oxygen atoms in total. The van der Waals surface area contributed by atoms with Gasteiger partial charge in [0.1, 0.15) is 10.2 Å². The number of nitrogens with two attached hydrogens (primary N) is 1. The number of carbonyl (C=O) groups excluding carboxylic acids is 1. The fourth-order valence-corrected chi connectivity index (χ4v) is 4.69. The lowest BCUT2D eigenvalue weighted by molar-refractivity contribution is 0.0951. The molecular weight excluding hydrogens is 448 g/mol. The highest BCUT2D eigenvalue weighted by molar-refractivity contribution is 7.17. The Hall–Kier alpha value is -3.22. The third-order valence-electron chi connectivity index (χ3n) is 5.32. The van der Waals surface area contributed by atoms with Crippen LogP contribution >= 0.6 is 11.3 Å². The van der Waals surface area contributed by atoms with Gasteiger partial charge in [0, 0.05) is 31.1 Å². The van der Waals surface area contributed by atoms with Crippen molar-refractivity contribution in [3.05, 3.63) is 56.7 Å². The Bertz CT molecular complexity index is 1250. The van der Waals surface area contributed by atoms with E-state index in [1.807, 2.05) is 37.8 Å². The predicted octanol–water partition coefficient (Wildman–Crippen LogP) is 3.33. The molecule has 34 heavy (non-hydrogen) atoms. The third kappa shape index (κ3) is 5.64. The highest BCUT2D eigenvalue weighted by atomic mass is 32.1. The van der Waals surface area contributed by atoms with Crippen LogP contribution in [0.4, 0.5) is 5.95 Å². The molecule has 0 bridgehead atoms. The number of aromatic nitrogens is 2. The Morgan fingerprint density at radius 3 is 2.71 bits per heavy atom. The maximum atomic E-state index is 13.7. The van der Waals surface area contributed by atoms with E-state index in [4.69, 9.17) is 10.7 Å². The minimum atomic E-state index is -0.236. The van der Waals surface area contributed by atoms with E-state index in [1.54, 1.807) is 22.1 Å². The second-order valence-corrected chi connectivity index (χ2v) is 9.81. The van der Waals surface area contributed by atoms with Crippen molar-refractivity contribution in [2.75, 3.05) is 24.5 Å². The number of benzene rings is 1. The van der Waals surface area contributed by atoms with Crippen molar-refractivity contribution >= 4 is 33.4 Å². The molecule has 2 heterocycles. The Labute approximate surface area is 204 Å². The van der Waals surface area contributed by atoms with Crippen LogP contribution in [0.5, 0.6) is 0 Å². The molecule has 0 aliphatic rings. The number of fused-ring (bicyclic) bond motifs is 1. The zero-order chi connectivity index (χ0) is 24.8. The van der Waals surface area contributed by atoms with Crippen LogP contribution in [0.2, 0.25) is 0 Å². The van der Waals surface area contributed by atoms with Crippen molar-refractivity contribution < 1.29 is 4.79 Å². The molecule has 0 saturated heterocycles. The zero-order valence-corrected chi connectivity index (χ0v) is 21.0. The second kappa shape index (κ2) is 11.3. The number of hydrogen-bond donors (Lipinski definition) is 2. The minimum absolute atomic E-state index is 0.143. The van der Waals surface area contributed by atoms with Gasteiger partial charge < -0.3 is 16.0 Å². The van der Waals surface area contributed by atoms with E-state index in [0.29, 0.717) is 52.8 Å². The summed E-state index contributed by atoms with van der Waals surface area (Å²) in [5.41, 5.74) is 7.95. The maximum Gasteiger partial charge on any atom is 0.273 e. The molecule has 0 saturated carbocycles. The highest BCUT2D eigenvalue weighted by Crippen LogP contribution is 2.25. The van der Waals surface area contributed by atoms with Crippen molar-refractivity contribution in [3.8, 4) is 6.07 Å². The Kier molecular flexibility index (Phi) is 8.42. The number of carbonyl (C=O) groups is 1. The van der Waals surface area contributed by atoms with Gasteiger partial charge in [-0.1, -0.05) is 39.0 Å².